The van der Waals surface area contributed by atoms with Crippen molar-refractivity contribution >= 4 is 5.91 Å². The minimum Gasteiger partial charge on any atom is -0.320 e. The van der Waals surface area contributed by atoms with E-state index in [1.54, 1.807) is 0 Å². The molecule has 3 heteroatoms. The van der Waals surface area contributed by atoms with E-state index in [2.05, 4.69) is 24.1 Å². The van der Waals surface area contributed by atoms with Gasteiger partial charge in [0.1, 0.15) is 0 Å². The maximum absolute atomic E-state index is 12.9. The number of nitrogens with zero attached hydrogens (tertiary/aromatic N) is 1. The fraction of sp³-hybridized carbons (Fsp3) is 0.938. The van der Waals surface area contributed by atoms with Crippen molar-refractivity contribution in [3.8, 4) is 0 Å². The van der Waals surface area contributed by atoms with E-state index >= 15 is 0 Å². The van der Waals surface area contributed by atoms with Gasteiger partial charge < -0.3 is 4.90 Å². The molecule has 3 saturated carbocycles. The average molecular weight is 262 g/mol. The third-order valence-corrected chi connectivity index (χ3v) is 6.12. The summed E-state index contributed by atoms with van der Waals surface area (Å²) < 4.78 is 0. The molecular weight excluding hydrogens is 236 g/mol. The average Bonchev–Trinajstić information content (AvgIpc) is 3.26. The Hall–Kier alpha value is -0.570. The molecule has 0 aromatic carbocycles. The van der Waals surface area contributed by atoms with Crippen LogP contribution in [-0.2, 0) is 4.79 Å². The first-order valence-electron chi connectivity index (χ1n) is 8.16. The van der Waals surface area contributed by atoms with Gasteiger partial charge in [-0.3, -0.25) is 10.1 Å². The lowest BCUT2D eigenvalue weighted by Crippen LogP contribution is -2.54. The van der Waals surface area contributed by atoms with Crippen LogP contribution in [0.15, 0.2) is 0 Å². The normalized spacial score (nSPS) is 34.5. The van der Waals surface area contributed by atoms with Crippen LogP contribution in [-0.4, -0.2) is 28.1 Å². The summed E-state index contributed by atoms with van der Waals surface area (Å²) in [6.45, 7) is 4.60. The molecule has 1 unspecified atom stereocenters. The van der Waals surface area contributed by atoms with Crippen molar-refractivity contribution in [2.24, 2.45) is 11.8 Å². The summed E-state index contributed by atoms with van der Waals surface area (Å²) in [4.78, 5) is 15.2. The zero-order valence-corrected chi connectivity index (χ0v) is 12.2. The Labute approximate surface area is 116 Å². The molecule has 1 spiro atoms. The largest absolute Gasteiger partial charge is 0.320 e. The predicted molar refractivity (Wildman–Crippen MR) is 74.5 cm³/mol. The van der Waals surface area contributed by atoms with Crippen molar-refractivity contribution in [1.82, 2.24) is 10.2 Å². The number of hydrogen-bond donors (Lipinski definition) is 1. The molecule has 4 aliphatic rings. The summed E-state index contributed by atoms with van der Waals surface area (Å²) in [7, 11) is 0. The van der Waals surface area contributed by atoms with Gasteiger partial charge in [-0.1, -0.05) is 12.8 Å². The van der Waals surface area contributed by atoms with Crippen LogP contribution in [0.25, 0.3) is 0 Å². The van der Waals surface area contributed by atoms with Crippen molar-refractivity contribution in [1.29, 1.82) is 0 Å². The zero-order chi connectivity index (χ0) is 13.3. The van der Waals surface area contributed by atoms with E-state index in [-0.39, 0.29) is 11.1 Å². The van der Waals surface area contributed by atoms with Crippen molar-refractivity contribution in [2.75, 3.05) is 0 Å². The van der Waals surface area contributed by atoms with Crippen molar-refractivity contribution in [3.63, 3.8) is 0 Å². The second kappa shape index (κ2) is 3.75. The van der Waals surface area contributed by atoms with Crippen LogP contribution >= 0.6 is 0 Å². The van der Waals surface area contributed by atoms with Crippen molar-refractivity contribution in [3.05, 3.63) is 0 Å². The standard InChI is InChI=1S/C16H26N2O/c1-15(2,12-7-8-12)18-13(11-5-3-4-6-11)17-16(9-10-16)14(18)19/h11-13,17H,3-10H2,1-2H3. The lowest BCUT2D eigenvalue weighted by Gasteiger charge is -2.42. The first kappa shape index (κ1) is 12.2. The van der Waals surface area contributed by atoms with E-state index in [4.69, 9.17) is 0 Å². The maximum atomic E-state index is 12.9. The van der Waals surface area contributed by atoms with Crippen LogP contribution in [0.1, 0.15) is 65.2 Å². The molecule has 1 aliphatic heterocycles. The Bertz CT molecular complexity index is 403. The van der Waals surface area contributed by atoms with Crippen LogP contribution < -0.4 is 5.32 Å². The quantitative estimate of drug-likeness (QED) is 0.848. The Morgan fingerprint density at radius 2 is 1.79 bits per heavy atom. The molecule has 0 radical (unpaired) electrons. The van der Waals surface area contributed by atoms with Crippen LogP contribution in [0.4, 0.5) is 0 Å². The monoisotopic (exact) mass is 262 g/mol. The summed E-state index contributed by atoms with van der Waals surface area (Å²) in [5.41, 5.74) is -0.0805. The number of hydrogen-bond acceptors (Lipinski definition) is 2. The molecule has 3 aliphatic carbocycles. The molecule has 4 fully saturated rings. The first-order chi connectivity index (χ1) is 9.05. The van der Waals surface area contributed by atoms with Gasteiger partial charge in [0.25, 0.3) is 0 Å². The highest BCUT2D eigenvalue weighted by atomic mass is 16.2. The maximum Gasteiger partial charge on any atom is 0.244 e. The molecular formula is C16H26N2O. The predicted octanol–water partition coefficient (Wildman–Crippen LogP) is 2.66. The molecule has 1 N–H and O–H groups in total. The van der Waals surface area contributed by atoms with Crippen LogP contribution in [0.5, 0.6) is 0 Å². The van der Waals surface area contributed by atoms with E-state index in [1.165, 1.54) is 38.5 Å². The summed E-state index contributed by atoms with van der Waals surface area (Å²) in [6.07, 6.45) is 10.4. The van der Waals surface area contributed by atoms with E-state index < -0.39 is 0 Å². The highest BCUT2D eigenvalue weighted by Gasteiger charge is 2.64. The zero-order valence-electron chi connectivity index (χ0n) is 12.2. The fourth-order valence-electron chi connectivity index (χ4n) is 4.46. The van der Waals surface area contributed by atoms with E-state index in [9.17, 15) is 4.79 Å². The summed E-state index contributed by atoms with van der Waals surface area (Å²) in [5, 5.41) is 3.75. The topological polar surface area (TPSA) is 32.3 Å². The summed E-state index contributed by atoms with van der Waals surface area (Å²) in [6, 6.07) is 0. The molecule has 0 aromatic heterocycles. The molecule has 19 heavy (non-hydrogen) atoms. The second-order valence-corrected chi connectivity index (χ2v) is 7.82. The van der Waals surface area contributed by atoms with Gasteiger partial charge in [-0.05, 0) is 64.2 Å². The molecule has 106 valence electrons. The van der Waals surface area contributed by atoms with Crippen molar-refractivity contribution in [2.45, 2.75) is 82.5 Å². The SMILES string of the molecule is CC(C)(C1CC1)N1C(=O)C2(CC2)NC1C1CCCC1. The van der Waals surface area contributed by atoms with E-state index in [0.29, 0.717) is 18.0 Å². The third-order valence-electron chi connectivity index (χ3n) is 6.12. The molecule has 1 amide bonds. The smallest absolute Gasteiger partial charge is 0.244 e. The molecule has 0 bridgehead atoms. The highest BCUT2D eigenvalue weighted by molar-refractivity contribution is 5.92. The van der Waals surface area contributed by atoms with Gasteiger partial charge in [-0.15, -0.1) is 0 Å². The van der Waals surface area contributed by atoms with Gasteiger partial charge in [0, 0.05) is 5.54 Å². The number of carbonyl (C=O) groups excluding carboxylic acids is 1. The third kappa shape index (κ3) is 1.70. The summed E-state index contributed by atoms with van der Waals surface area (Å²) in [5.74, 6) is 1.85. The number of amides is 1. The molecule has 1 atom stereocenters. The van der Waals surface area contributed by atoms with Gasteiger partial charge in [-0.25, -0.2) is 0 Å². The van der Waals surface area contributed by atoms with Crippen LogP contribution in [0, 0.1) is 11.8 Å². The minimum atomic E-state index is -0.139. The molecule has 1 heterocycles. The molecule has 1 saturated heterocycles. The number of carbonyl (C=O) groups is 1. The number of rotatable bonds is 3. The summed E-state index contributed by atoms with van der Waals surface area (Å²) >= 11 is 0. The lowest BCUT2D eigenvalue weighted by atomic mass is 9.92. The van der Waals surface area contributed by atoms with Gasteiger partial charge in [-0.2, -0.15) is 0 Å². The van der Waals surface area contributed by atoms with Crippen LogP contribution in [0.2, 0.25) is 0 Å². The van der Waals surface area contributed by atoms with Gasteiger partial charge in [0.05, 0.1) is 11.7 Å². The molecule has 4 rings (SSSR count). The highest BCUT2D eigenvalue weighted by Crippen LogP contribution is 2.52. The molecule has 3 nitrogen and oxygen atoms in total. The van der Waals surface area contributed by atoms with Crippen molar-refractivity contribution < 1.29 is 4.79 Å². The molecule has 0 aromatic rings. The minimum absolute atomic E-state index is 0.0590. The second-order valence-electron chi connectivity index (χ2n) is 7.82. The first-order valence-corrected chi connectivity index (χ1v) is 8.16. The fourth-order valence-corrected chi connectivity index (χ4v) is 4.46. The van der Waals surface area contributed by atoms with Gasteiger partial charge >= 0.3 is 0 Å². The Kier molecular flexibility index (Phi) is 2.41. The Morgan fingerprint density at radius 3 is 2.32 bits per heavy atom. The Balaban J connectivity index is 1.65. The number of nitrogens with one attached hydrogen (secondary N) is 1. The Morgan fingerprint density at radius 1 is 1.16 bits per heavy atom. The van der Waals surface area contributed by atoms with E-state index in [1.807, 2.05) is 0 Å². The van der Waals surface area contributed by atoms with Gasteiger partial charge in [0.15, 0.2) is 0 Å². The van der Waals surface area contributed by atoms with Crippen LogP contribution in [0.3, 0.4) is 0 Å². The van der Waals surface area contributed by atoms with Gasteiger partial charge in [0.2, 0.25) is 5.91 Å². The lowest BCUT2D eigenvalue weighted by molar-refractivity contribution is -0.137. The van der Waals surface area contributed by atoms with E-state index in [0.717, 1.165) is 18.8 Å².